The van der Waals surface area contributed by atoms with E-state index in [1.807, 2.05) is 4.90 Å². The fourth-order valence-corrected chi connectivity index (χ4v) is 5.93. The Morgan fingerprint density at radius 1 is 1.00 bits per heavy atom. The molecular weight excluding hydrogens is 461 g/mol. The molecule has 0 aliphatic carbocycles. The number of methoxy groups -OCH3 is 2. The summed E-state index contributed by atoms with van der Waals surface area (Å²) in [5.74, 6) is -0.332. The van der Waals surface area contributed by atoms with Gasteiger partial charge in [0.15, 0.2) is 0 Å². The topological polar surface area (TPSA) is 105 Å². The van der Waals surface area contributed by atoms with Crippen molar-refractivity contribution < 1.29 is 30.7 Å². The number of nitrogens with one attached hydrogen (secondary N) is 1. The summed E-state index contributed by atoms with van der Waals surface area (Å²) >= 11 is 0. The first-order chi connectivity index (χ1) is 15.2. The van der Waals surface area contributed by atoms with Gasteiger partial charge < -0.3 is 14.4 Å². The minimum Gasteiger partial charge on any atom is -0.495 e. The third kappa shape index (κ3) is 5.21. The van der Waals surface area contributed by atoms with Crippen LogP contribution in [0.25, 0.3) is 0 Å². The molecule has 2 aromatic rings. The van der Waals surface area contributed by atoms with Crippen LogP contribution in [0.15, 0.2) is 52.3 Å². The largest absolute Gasteiger partial charge is 0.495 e. The fraction of sp³-hybridized carbons (Fsp3) is 0.400. The van der Waals surface area contributed by atoms with Gasteiger partial charge in [-0.2, -0.15) is 4.31 Å². The van der Waals surface area contributed by atoms with Gasteiger partial charge in [-0.25, -0.2) is 25.9 Å². The number of halogens is 1. The van der Waals surface area contributed by atoms with Gasteiger partial charge in [0, 0.05) is 39.8 Å². The Morgan fingerprint density at radius 3 is 2.31 bits per heavy atom. The Morgan fingerprint density at radius 2 is 1.69 bits per heavy atom. The molecule has 0 atom stereocenters. The summed E-state index contributed by atoms with van der Waals surface area (Å²) in [4.78, 5) is 1.55. The minimum absolute atomic E-state index is 0.0609. The molecular formula is C20H26FN3O6S2. The molecule has 0 spiro atoms. The van der Waals surface area contributed by atoms with Crippen molar-refractivity contribution in [2.45, 2.75) is 9.79 Å². The van der Waals surface area contributed by atoms with E-state index < -0.39 is 25.9 Å². The molecule has 1 aliphatic rings. The lowest BCUT2D eigenvalue weighted by Crippen LogP contribution is -2.49. The average molecular weight is 488 g/mol. The first-order valence-electron chi connectivity index (χ1n) is 9.87. The maximum atomic E-state index is 14.0. The van der Waals surface area contributed by atoms with Crippen molar-refractivity contribution in [2.24, 2.45) is 0 Å². The number of rotatable bonds is 9. The number of hydrogen-bond donors (Lipinski definition) is 1. The Kier molecular flexibility index (Phi) is 7.72. The molecule has 1 aliphatic heterocycles. The van der Waals surface area contributed by atoms with Gasteiger partial charge in [-0.05, 0) is 30.3 Å². The summed E-state index contributed by atoms with van der Waals surface area (Å²) in [6.45, 7) is 1.16. The molecule has 2 aromatic carbocycles. The maximum Gasteiger partial charge on any atom is 0.246 e. The second kappa shape index (κ2) is 10.1. The number of benzene rings is 2. The van der Waals surface area contributed by atoms with E-state index in [1.165, 1.54) is 48.9 Å². The van der Waals surface area contributed by atoms with Gasteiger partial charge in [0.05, 0.1) is 24.3 Å². The molecule has 0 unspecified atom stereocenters. The second-order valence-corrected chi connectivity index (χ2v) is 10.7. The van der Waals surface area contributed by atoms with Crippen molar-refractivity contribution in [1.29, 1.82) is 0 Å². The molecule has 1 heterocycles. The summed E-state index contributed by atoms with van der Waals surface area (Å²) in [6, 6.07) is 9.76. The van der Waals surface area contributed by atoms with E-state index in [0.29, 0.717) is 11.4 Å². The van der Waals surface area contributed by atoms with E-state index in [1.54, 1.807) is 6.07 Å². The van der Waals surface area contributed by atoms with Crippen molar-refractivity contribution in [3.63, 3.8) is 0 Å². The van der Waals surface area contributed by atoms with E-state index in [0.717, 1.165) is 6.07 Å². The Bertz CT molecular complexity index is 1150. The lowest BCUT2D eigenvalue weighted by molar-refractivity contribution is 0.204. The van der Waals surface area contributed by atoms with Gasteiger partial charge in [0.2, 0.25) is 20.0 Å². The molecule has 1 fully saturated rings. The van der Waals surface area contributed by atoms with Crippen molar-refractivity contribution in [2.75, 3.05) is 58.5 Å². The first kappa shape index (κ1) is 24.4. The minimum atomic E-state index is -3.98. The van der Waals surface area contributed by atoms with Crippen molar-refractivity contribution in [3.05, 3.63) is 48.3 Å². The number of hydrogen-bond acceptors (Lipinski definition) is 7. The molecule has 9 nitrogen and oxygen atoms in total. The van der Waals surface area contributed by atoms with Crippen LogP contribution < -0.4 is 14.4 Å². The van der Waals surface area contributed by atoms with Gasteiger partial charge in [0.25, 0.3) is 0 Å². The molecule has 0 saturated carbocycles. The predicted octanol–water partition coefficient (Wildman–Crippen LogP) is 1.27. The van der Waals surface area contributed by atoms with Crippen LogP contribution in [0.2, 0.25) is 0 Å². The van der Waals surface area contributed by atoms with Crippen molar-refractivity contribution in [3.8, 4) is 5.75 Å². The van der Waals surface area contributed by atoms with Gasteiger partial charge in [0.1, 0.15) is 16.5 Å². The van der Waals surface area contributed by atoms with E-state index in [9.17, 15) is 21.2 Å². The van der Waals surface area contributed by atoms with E-state index >= 15 is 0 Å². The van der Waals surface area contributed by atoms with Crippen molar-refractivity contribution in [1.82, 2.24) is 9.03 Å². The summed E-state index contributed by atoms with van der Waals surface area (Å²) in [5.41, 5.74) is 0.532. The highest BCUT2D eigenvalue weighted by Crippen LogP contribution is 2.32. The SMILES string of the molecule is COCCNS(=O)(=O)c1ccc(OC)c(N2CCN(S(=O)(=O)c3ccccc3F)CC2)c1. The van der Waals surface area contributed by atoms with Crippen LogP contribution >= 0.6 is 0 Å². The van der Waals surface area contributed by atoms with Gasteiger partial charge in [-0.1, -0.05) is 12.1 Å². The van der Waals surface area contributed by atoms with Gasteiger partial charge in [-0.3, -0.25) is 0 Å². The third-order valence-corrected chi connectivity index (χ3v) is 8.48. The maximum absolute atomic E-state index is 14.0. The van der Waals surface area contributed by atoms with Crippen LogP contribution in [-0.4, -0.2) is 74.7 Å². The first-order valence-corrected chi connectivity index (χ1v) is 12.8. The third-order valence-electron chi connectivity index (χ3n) is 5.09. The Labute approximate surface area is 187 Å². The van der Waals surface area contributed by atoms with Crippen LogP contribution in [0.5, 0.6) is 5.75 Å². The average Bonchev–Trinajstić information content (AvgIpc) is 2.79. The summed E-state index contributed by atoms with van der Waals surface area (Å²) in [5, 5.41) is 0. The molecule has 1 saturated heterocycles. The molecule has 12 heteroatoms. The number of anilines is 1. The lowest BCUT2D eigenvalue weighted by atomic mass is 10.2. The highest BCUT2D eigenvalue weighted by atomic mass is 32.2. The highest BCUT2D eigenvalue weighted by Gasteiger charge is 2.31. The molecule has 32 heavy (non-hydrogen) atoms. The van der Waals surface area contributed by atoms with Gasteiger partial charge >= 0.3 is 0 Å². The second-order valence-electron chi connectivity index (χ2n) is 7.05. The zero-order valence-corrected chi connectivity index (χ0v) is 19.5. The van der Waals surface area contributed by atoms with Crippen LogP contribution in [-0.2, 0) is 24.8 Å². The quantitative estimate of drug-likeness (QED) is 0.531. The summed E-state index contributed by atoms with van der Waals surface area (Å²) in [6.07, 6.45) is 0. The molecule has 0 radical (unpaired) electrons. The zero-order chi connectivity index (χ0) is 23.4. The predicted molar refractivity (Wildman–Crippen MR) is 117 cm³/mol. The lowest BCUT2D eigenvalue weighted by Gasteiger charge is -2.36. The van der Waals surface area contributed by atoms with Crippen LogP contribution in [0.1, 0.15) is 0 Å². The fourth-order valence-electron chi connectivity index (χ4n) is 3.41. The summed E-state index contributed by atoms with van der Waals surface area (Å²) < 4.78 is 78.8. The van der Waals surface area contributed by atoms with Crippen LogP contribution in [0, 0.1) is 5.82 Å². The molecule has 176 valence electrons. The van der Waals surface area contributed by atoms with E-state index in [4.69, 9.17) is 9.47 Å². The Hall–Kier alpha value is -2.25. The zero-order valence-electron chi connectivity index (χ0n) is 17.8. The van der Waals surface area contributed by atoms with Gasteiger partial charge in [-0.15, -0.1) is 0 Å². The number of piperazine rings is 1. The standard InChI is InChI=1S/C20H26FN3O6S2/c1-29-14-9-22-31(25,26)16-7-8-19(30-2)18(15-16)23-10-12-24(13-11-23)32(27,28)20-6-4-3-5-17(20)21/h3-8,15,22H,9-14H2,1-2H3. The molecule has 0 amide bonds. The molecule has 0 bridgehead atoms. The Balaban J connectivity index is 1.79. The van der Waals surface area contributed by atoms with Crippen LogP contribution in [0.3, 0.4) is 0 Å². The smallest absolute Gasteiger partial charge is 0.246 e. The van der Waals surface area contributed by atoms with E-state index in [-0.39, 0.29) is 49.1 Å². The number of nitrogens with zero attached hydrogens (tertiary/aromatic N) is 2. The van der Waals surface area contributed by atoms with Crippen molar-refractivity contribution >= 4 is 25.7 Å². The van der Waals surface area contributed by atoms with E-state index in [2.05, 4.69) is 4.72 Å². The summed E-state index contributed by atoms with van der Waals surface area (Å²) in [7, 11) is -4.78. The molecule has 1 N–H and O–H groups in total. The number of sulfonamides is 2. The monoisotopic (exact) mass is 487 g/mol. The molecule has 0 aromatic heterocycles. The highest BCUT2D eigenvalue weighted by molar-refractivity contribution is 7.89. The molecule has 3 rings (SSSR count). The number of ether oxygens (including phenoxy) is 2. The van der Waals surface area contributed by atoms with Crippen LogP contribution in [0.4, 0.5) is 10.1 Å². The normalized spacial score (nSPS) is 15.7.